The van der Waals surface area contributed by atoms with Gasteiger partial charge >= 0.3 is 0 Å². The van der Waals surface area contributed by atoms with Gasteiger partial charge in [-0.2, -0.15) is 0 Å². The summed E-state index contributed by atoms with van der Waals surface area (Å²) in [6, 6.07) is 6.23. The number of rotatable bonds is 9. The van der Waals surface area contributed by atoms with Gasteiger partial charge in [0.1, 0.15) is 0 Å². The van der Waals surface area contributed by atoms with Gasteiger partial charge in [-0.1, -0.05) is 25.8 Å². The Labute approximate surface area is 141 Å². The topological polar surface area (TPSA) is 30.5 Å². The highest BCUT2D eigenvalue weighted by molar-refractivity contribution is 5.42. The molecule has 1 aromatic carbocycles. The molecule has 0 heterocycles. The summed E-state index contributed by atoms with van der Waals surface area (Å²) >= 11 is 0. The summed E-state index contributed by atoms with van der Waals surface area (Å²) in [4.78, 5) is 0. The molecule has 0 atom stereocenters. The number of methoxy groups -OCH3 is 2. The second kappa shape index (κ2) is 9.82. The number of hydrogen-bond donors (Lipinski definition) is 1. The van der Waals surface area contributed by atoms with Crippen molar-refractivity contribution in [2.24, 2.45) is 11.8 Å². The van der Waals surface area contributed by atoms with Crippen LogP contribution in [0.25, 0.3) is 0 Å². The van der Waals surface area contributed by atoms with Crippen LogP contribution in [-0.4, -0.2) is 27.3 Å². The largest absolute Gasteiger partial charge is 0.493 e. The van der Waals surface area contributed by atoms with Crippen LogP contribution in [0.4, 0.5) is 0 Å². The normalized spacial score (nSPS) is 21.2. The molecule has 130 valence electrons. The lowest BCUT2D eigenvalue weighted by Gasteiger charge is -2.26. The molecule has 1 N–H and O–H groups in total. The number of unbranched alkanes of at least 4 members (excludes halogenated alkanes) is 1. The van der Waals surface area contributed by atoms with Gasteiger partial charge in [0.15, 0.2) is 11.5 Å². The summed E-state index contributed by atoms with van der Waals surface area (Å²) in [5, 5.41) is 3.65. The molecular weight excluding hydrogens is 286 g/mol. The minimum atomic E-state index is 0.805. The number of ether oxygens (including phenoxy) is 2. The average molecular weight is 319 g/mol. The van der Waals surface area contributed by atoms with Crippen LogP contribution in [0.1, 0.15) is 51.0 Å². The highest BCUT2D eigenvalue weighted by Crippen LogP contribution is 2.28. The van der Waals surface area contributed by atoms with Crippen LogP contribution in [0, 0.1) is 11.8 Å². The molecule has 1 aromatic rings. The summed E-state index contributed by atoms with van der Waals surface area (Å²) in [5.41, 5.74) is 1.32. The van der Waals surface area contributed by atoms with Crippen LogP contribution in [0.15, 0.2) is 18.2 Å². The molecule has 1 aliphatic rings. The Morgan fingerprint density at radius 2 is 1.74 bits per heavy atom. The van der Waals surface area contributed by atoms with E-state index >= 15 is 0 Å². The first kappa shape index (κ1) is 18.1. The Bertz CT molecular complexity index is 453. The molecule has 0 aliphatic heterocycles. The lowest BCUT2D eigenvalue weighted by atomic mass is 9.83. The quantitative estimate of drug-likeness (QED) is 0.682. The summed E-state index contributed by atoms with van der Waals surface area (Å²) in [7, 11) is 3.37. The van der Waals surface area contributed by atoms with E-state index in [0.29, 0.717) is 0 Å². The molecule has 1 fully saturated rings. The smallest absolute Gasteiger partial charge is 0.160 e. The van der Waals surface area contributed by atoms with Crippen molar-refractivity contribution >= 4 is 0 Å². The standard InChI is InChI=1S/C20H33NO2/c1-16-7-9-18(10-8-16)15-21-13-5-4-6-17-11-12-19(22-2)20(14-17)23-3/h11-12,14,16,18,21H,4-10,13,15H2,1-3H3. The third-order valence-electron chi connectivity index (χ3n) is 5.09. The molecule has 0 radical (unpaired) electrons. The molecule has 3 heteroatoms. The number of benzene rings is 1. The summed E-state index contributed by atoms with van der Waals surface area (Å²) in [6.45, 7) is 4.74. The van der Waals surface area contributed by atoms with E-state index in [9.17, 15) is 0 Å². The van der Waals surface area contributed by atoms with E-state index in [-0.39, 0.29) is 0 Å². The van der Waals surface area contributed by atoms with Gasteiger partial charge < -0.3 is 14.8 Å². The van der Waals surface area contributed by atoms with E-state index in [1.807, 2.05) is 6.07 Å². The first-order chi connectivity index (χ1) is 11.2. The molecule has 0 spiro atoms. The second-order valence-electron chi connectivity index (χ2n) is 6.98. The van der Waals surface area contributed by atoms with E-state index in [1.54, 1.807) is 14.2 Å². The third kappa shape index (κ3) is 6.06. The van der Waals surface area contributed by atoms with Crippen molar-refractivity contribution < 1.29 is 9.47 Å². The molecule has 1 saturated carbocycles. The van der Waals surface area contributed by atoms with Gasteiger partial charge in [-0.25, -0.2) is 0 Å². The predicted octanol–water partition coefficient (Wildman–Crippen LogP) is 4.44. The highest BCUT2D eigenvalue weighted by Gasteiger charge is 2.17. The van der Waals surface area contributed by atoms with Gasteiger partial charge in [0.05, 0.1) is 14.2 Å². The molecular formula is C20H33NO2. The fraction of sp³-hybridized carbons (Fsp3) is 0.700. The van der Waals surface area contributed by atoms with Gasteiger partial charge in [-0.05, 0) is 74.7 Å². The van der Waals surface area contributed by atoms with E-state index in [4.69, 9.17) is 9.47 Å². The van der Waals surface area contributed by atoms with Crippen LogP contribution >= 0.6 is 0 Å². The van der Waals surface area contributed by atoms with E-state index in [0.717, 1.165) is 36.3 Å². The Hall–Kier alpha value is -1.22. The lowest BCUT2D eigenvalue weighted by molar-refractivity contribution is 0.281. The summed E-state index contributed by atoms with van der Waals surface area (Å²) in [6.07, 6.45) is 9.22. The van der Waals surface area contributed by atoms with Crippen LogP contribution in [-0.2, 0) is 6.42 Å². The maximum atomic E-state index is 5.36. The summed E-state index contributed by atoms with van der Waals surface area (Å²) in [5.74, 6) is 3.50. The van der Waals surface area contributed by atoms with Gasteiger partial charge in [-0.3, -0.25) is 0 Å². The van der Waals surface area contributed by atoms with Crippen molar-refractivity contribution in [3.05, 3.63) is 23.8 Å². The highest BCUT2D eigenvalue weighted by atomic mass is 16.5. The SMILES string of the molecule is COc1ccc(CCCCNCC2CCC(C)CC2)cc1OC. The third-order valence-corrected chi connectivity index (χ3v) is 5.09. The van der Waals surface area contributed by atoms with E-state index < -0.39 is 0 Å². The van der Waals surface area contributed by atoms with Crippen molar-refractivity contribution in [3.63, 3.8) is 0 Å². The maximum absolute atomic E-state index is 5.36. The Kier molecular flexibility index (Phi) is 7.73. The van der Waals surface area contributed by atoms with Gasteiger partial charge in [-0.15, -0.1) is 0 Å². The number of nitrogens with one attached hydrogen (secondary N) is 1. The predicted molar refractivity (Wildman–Crippen MR) is 96.5 cm³/mol. The lowest BCUT2D eigenvalue weighted by Crippen LogP contribution is -2.26. The molecule has 23 heavy (non-hydrogen) atoms. The maximum Gasteiger partial charge on any atom is 0.160 e. The van der Waals surface area contributed by atoms with Gasteiger partial charge in [0.25, 0.3) is 0 Å². The van der Waals surface area contributed by atoms with E-state index in [1.165, 1.54) is 50.6 Å². The van der Waals surface area contributed by atoms with Gasteiger partial charge in [0, 0.05) is 0 Å². The average Bonchev–Trinajstić information content (AvgIpc) is 2.59. The molecule has 3 nitrogen and oxygen atoms in total. The molecule has 0 unspecified atom stereocenters. The van der Waals surface area contributed by atoms with E-state index in [2.05, 4.69) is 24.4 Å². The van der Waals surface area contributed by atoms with Crippen molar-refractivity contribution in [2.45, 2.75) is 51.9 Å². The molecule has 0 bridgehead atoms. The van der Waals surface area contributed by atoms with Gasteiger partial charge in [0.2, 0.25) is 0 Å². The molecule has 0 saturated heterocycles. The van der Waals surface area contributed by atoms with Crippen molar-refractivity contribution in [1.82, 2.24) is 5.32 Å². The zero-order chi connectivity index (χ0) is 16.5. The monoisotopic (exact) mass is 319 g/mol. The van der Waals surface area contributed by atoms with Crippen LogP contribution in [0.5, 0.6) is 11.5 Å². The van der Waals surface area contributed by atoms with Crippen molar-refractivity contribution in [3.8, 4) is 11.5 Å². The second-order valence-corrected chi connectivity index (χ2v) is 6.98. The first-order valence-corrected chi connectivity index (χ1v) is 9.14. The van der Waals surface area contributed by atoms with Crippen LogP contribution in [0.2, 0.25) is 0 Å². The molecule has 0 amide bonds. The molecule has 2 rings (SSSR count). The number of hydrogen-bond acceptors (Lipinski definition) is 3. The van der Waals surface area contributed by atoms with Crippen molar-refractivity contribution in [1.29, 1.82) is 0 Å². The minimum absolute atomic E-state index is 0.805. The fourth-order valence-electron chi connectivity index (χ4n) is 3.45. The molecule has 1 aliphatic carbocycles. The van der Waals surface area contributed by atoms with Crippen LogP contribution in [0.3, 0.4) is 0 Å². The first-order valence-electron chi connectivity index (χ1n) is 9.14. The number of aryl methyl sites for hydroxylation is 1. The van der Waals surface area contributed by atoms with Crippen LogP contribution < -0.4 is 14.8 Å². The zero-order valence-electron chi connectivity index (χ0n) is 15.1. The van der Waals surface area contributed by atoms with Crippen molar-refractivity contribution in [2.75, 3.05) is 27.3 Å². The zero-order valence-corrected chi connectivity index (χ0v) is 15.1. The Morgan fingerprint density at radius 3 is 2.43 bits per heavy atom. The summed E-state index contributed by atoms with van der Waals surface area (Å²) < 4.78 is 10.6. The minimum Gasteiger partial charge on any atom is -0.493 e. The Balaban J connectivity index is 1.58. The Morgan fingerprint density at radius 1 is 1.00 bits per heavy atom. The molecule has 0 aromatic heterocycles. The fourth-order valence-corrected chi connectivity index (χ4v) is 3.45.